The van der Waals surface area contributed by atoms with Gasteiger partial charge in [0.15, 0.2) is 5.03 Å². The van der Waals surface area contributed by atoms with Gasteiger partial charge >= 0.3 is 0 Å². The van der Waals surface area contributed by atoms with Crippen molar-refractivity contribution in [1.82, 2.24) is 21.4 Å². The second kappa shape index (κ2) is 16.1. The minimum absolute atomic E-state index is 0.176. The maximum Gasteiger partial charge on any atom is 0.251 e. The zero-order valence-electron chi connectivity index (χ0n) is 19.4. The van der Waals surface area contributed by atoms with Crippen LogP contribution in [0.4, 0.5) is 0 Å². The third-order valence-electron chi connectivity index (χ3n) is 4.41. The lowest BCUT2D eigenvalue weighted by Gasteiger charge is -2.20. The Morgan fingerprint density at radius 3 is 2.42 bits per heavy atom. The molecule has 0 aliphatic carbocycles. The molecule has 0 saturated carbocycles. The molecule has 0 spiro atoms. The number of carbonyl (C=O) groups is 2. The molecule has 2 atom stereocenters. The molecule has 0 aromatic heterocycles. The molecule has 0 aliphatic rings. The van der Waals surface area contributed by atoms with E-state index in [1.807, 2.05) is 34.6 Å². The number of nitrogens with one attached hydrogen (secondary N) is 5. The highest BCUT2D eigenvalue weighted by Crippen LogP contribution is 2.12. The van der Waals surface area contributed by atoms with Gasteiger partial charge in [0.1, 0.15) is 6.04 Å². The third kappa shape index (κ3) is 16.8. The van der Waals surface area contributed by atoms with E-state index < -0.39 is 17.0 Å². The highest BCUT2D eigenvalue weighted by atomic mass is 16.7. The summed E-state index contributed by atoms with van der Waals surface area (Å²) in [7, 11) is 0. The first kappa shape index (κ1) is 28.4. The van der Waals surface area contributed by atoms with Crippen LogP contribution in [0.2, 0.25) is 0 Å². The van der Waals surface area contributed by atoms with Gasteiger partial charge in [0.2, 0.25) is 11.8 Å². The summed E-state index contributed by atoms with van der Waals surface area (Å²) >= 11 is 0. The summed E-state index contributed by atoms with van der Waals surface area (Å²) in [6.45, 7) is 12.1. The molecular formula is C21H39N6O4. The van der Waals surface area contributed by atoms with E-state index in [1.54, 1.807) is 12.0 Å². The number of hydrogen-bond donors (Lipinski definition) is 5. The number of rotatable bonds is 15. The summed E-state index contributed by atoms with van der Waals surface area (Å²) in [6.07, 6.45) is 5.81. The second-order valence-corrected chi connectivity index (χ2v) is 8.44. The Hall–Kier alpha value is -2.65. The number of allylic oxidation sites excluding steroid dienone is 2. The molecule has 0 aliphatic heterocycles. The van der Waals surface area contributed by atoms with E-state index >= 15 is 0 Å². The zero-order valence-corrected chi connectivity index (χ0v) is 19.4. The van der Waals surface area contributed by atoms with Crippen LogP contribution in [-0.4, -0.2) is 35.4 Å². The number of nitro groups is 1. The first-order valence-corrected chi connectivity index (χ1v) is 10.8. The second-order valence-electron chi connectivity index (χ2n) is 8.44. The number of carbonyl (C=O) groups excluding carboxylic acids is 2. The number of amides is 2. The lowest BCUT2D eigenvalue weighted by molar-refractivity contribution is -0.525. The highest BCUT2D eigenvalue weighted by Gasteiger charge is 2.21. The summed E-state index contributed by atoms with van der Waals surface area (Å²) < 4.78 is 0. The summed E-state index contributed by atoms with van der Waals surface area (Å²) in [5.41, 5.74) is 2.96. The summed E-state index contributed by atoms with van der Waals surface area (Å²) in [6, 6.07) is -0.708. The van der Waals surface area contributed by atoms with Gasteiger partial charge in [-0.15, -0.1) is 0 Å². The van der Waals surface area contributed by atoms with Crippen molar-refractivity contribution < 1.29 is 14.6 Å². The van der Waals surface area contributed by atoms with E-state index in [9.17, 15) is 19.7 Å². The van der Waals surface area contributed by atoms with Crippen molar-refractivity contribution in [3.8, 4) is 0 Å². The fourth-order valence-corrected chi connectivity index (χ4v) is 2.74. The van der Waals surface area contributed by atoms with Gasteiger partial charge in [-0.2, -0.15) is 0 Å². The van der Waals surface area contributed by atoms with Crippen LogP contribution in [-0.2, 0) is 9.59 Å². The largest absolute Gasteiger partial charge is 0.352 e. The van der Waals surface area contributed by atoms with E-state index in [4.69, 9.17) is 5.41 Å². The molecule has 0 bridgehead atoms. The van der Waals surface area contributed by atoms with Gasteiger partial charge in [0, 0.05) is 19.5 Å². The summed E-state index contributed by atoms with van der Waals surface area (Å²) in [4.78, 5) is 35.3. The topological polar surface area (TPSA) is 149 Å². The first-order chi connectivity index (χ1) is 14.5. The van der Waals surface area contributed by atoms with E-state index in [0.29, 0.717) is 25.2 Å². The Morgan fingerprint density at radius 2 is 1.84 bits per heavy atom. The van der Waals surface area contributed by atoms with Gasteiger partial charge in [-0.05, 0) is 57.8 Å². The zero-order chi connectivity index (χ0) is 23.8. The fourth-order valence-electron chi connectivity index (χ4n) is 2.74. The fraction of sp³-hybridized carbons (Fsp3) is 0.714. The Bertz CT molecular complexity index is 617. The van der Waals surface area contributed by atoms with Gasteiger partial charge < -0.3 is 16.0 Å². The molecule has 0 fully saturated rings. The number of hydrogen-bond acceptors (Lipinski definition) is 5. The predicted molar refractivity (Wildman–Crippen MR) is 121 cm³/mol. The van der Waals surface area contributed by atoms with Crippen LogP contribution >= 0.6 is 0 Å². The molecule has 2 amide bonds. The van der Waals surface area contributed by atoms with E-state index in [1.165, 1.54) is 5.57 Å². The maximum atomic E-state index is 12.5. The molecule has 31 heavy (non-hydrogen) atoms. The Labute approximate surface area is 185 Å². The monoisotopic (exact) mass is 439 g/mol. The van der Waals surface area contributed by atoms with Crippen molar-refractivity contribution in [2.24, 2.45) is 11.8 Å². The van der Waals surface area contributed by atoms with Crippen molar-refractivity contribution in [3.05, 3.63) is 28.3 Å². The molecule has 0 unspecified atom stereocenters. The van der Waals surface area contributed by atoms with Gasteiger partial charge in [-0.3, -0.25) is 15.0 Å². The molecule has 0 saturated heterocycles. The van der Waals surface area contributed by atoms with Crippen molar-refractivity contribution in [1.29, 1.82) is 5.41 Å². The van der Waals surface area contributed by atoms with Crippen LogP contribution in [0.15, 0.2) is 11.6 Å². The van der Waals surface area contributed by atoms with Crippen molar-refractivity contribution in [2.45, 2.75) is 79.2 Å². The normalized spacial score (nSPS) is 12.5. The van der Waals surface area contributed by atoms with Crippen LogP contribution in [0.25, 0.3) is 0 Å². The Kier molecular flexibility index (Phi) is 14.7. The van der Waals surface area contributed by atoms with Crippen molar-refractivity contribution in [2.75, 3.05) is 6.54 Å². The predicted octanol–water partition coefficient (Wildman–Crippen LogP) is 2.65. The maximum absolute atomic E-state index is 12.5. The summed E-state index contributed by atoms with van der Waals surface area (Å²) in [5, 5.41) is 25.0. The minimum atomic E-state index is -0.824. The van der Waals surface area contributed by atoms with E-state index in [2.05, 4.69) is 22.0 Å². The number of guanidine groups is 1. The van der Waals surface area contributed by atoms with Crippen LogP contribution in [0.1, 0.15) is 73.1 Å². The summed E-state index contributed by atoms with van der Waals surface area (Å²) in [5.74, 6) is -0.291. The van der Waals surface area contributed by atoms with Gasteiger partial charge in [0.05, 0.1) is 0 Å². The van der Waals surface area contributed by atoms with Gasteiger partial charge in [-0.1, -0.05) is 37.8 Å². The van der Waals surface area contributed by atoms with Crippen molar-refractivity contribution >= 4 is 17.8 Å². The first-order valence-electron chi connectivity index (χ1n) is 10.8. The molecular weight excluding hydrogens is 400 g/mol. The van der Waals surface area contributed by atoms with Crippen LogP contribution in [0.3, 0.4) is 0 Å². The molecule has 0 aromatic carbocycles. The van der Waals surface area contributed by atoms with Crippen LogP contribution in [0, 0.1) is 33.9 Å². The van der Waals surface area contributed by atoms with Crippen molar-refractivity contribution in [3.63, 3.8) is 0 Å². The number of hydrazine groups is 1. The lowest BCUT2D eigenvalue weighted by Crippen LogP contribution is -2.47. The Balaban J connectivity index is 4.65. The third-order valence-corrected chi connectivity index (χ3v) is 4.41. The molecule has 10 heteroatoms. The molecule has 0 heterocycles. The van der Waals surface area contributed by atoms with Crippen LogP contribution in [0.5, 0.6) is 0 Å². The standard InChI is InChI=1S/C21H39N6O4/c1-15(2)8-6-9-17(5)14-19(28)25-18(20(29)23-13-11-16(3)4)10-7-12-24-21(22)26-27(30)31/h8,13,16-18H,6-7,9-12,14H2,1-5H3,(H,23,29)(H,25,28)(H3,22,24,26)/t17-,18+/m1/s1. The SMILES string of the molecule is CC(C)=CCC[C@@H](C)CC(=O)N[C@@H](CCCNC(=N)N[N+](=O)[O-])C(=O)N[CH]CC(C)C. The quantitative estimate of drug-likeness (QED) is 0.0661. The highest BCUT2D eigenvalue weighted by molar-refractivity contribution is 5.88. The Morgan fingerprint density at radius 1 is 1.16 bits per heavy atom. The average Bonchev–Trinajstić information content (AvgIpc) is 2.62. The number of nitrogens with zero attached hydrogens (tertiary/aromatic N) is 1. The van der Waals surface area contributed by atoms with E-state index in [-0.39, 0.29) is 24.3 Å². The van der Waals surface area contributed by atoms with Crippen LogP contribution < -0.4 is 21.4 Å². The molecule has 5 N–H and O–H groups in total. The smallest absolute Gasteiger partial charge is 0.251 e. The average molecular weight is 440 g/mol. The molecule has 1 radical (unpaired) electrons. The molecule has 10 nitrogen and oxygen atoms in total. The van der Waals surface area contributed by atoms with E-state index in [0.717, 1.165) is 19.3 Å². The van der Waals surface area contributed by atoms with Gasteiger partial charge in [-0.25, -0.2) is 10.1 Å². The molecule has 0 rings (SSSR count). The lowest BCUT2D eigenvalue weighted by atomic mass is 10.00. The van der Waals surface area contributed by atoms with Gasteiger partial charge in [0.25, 0.3) is 5.96 Å². The molecule has 0 aromatic rings. The molecule has 177 valence electrons. The minimum Gasteiger partial charge on any atom is -0.352 e.